The predicted octanol–water partition coefficient (Wildman–Crippen LogP) is 1.90. The first-order valence-corrected chi connectivity index (χ1v) is 8.87. The SMILES string of the molecule is COC(=O)C[C@@H]1C[C@@H](COc2ccc(-c3ccc(C(=N)N)cn3)cc2)NC1=O.Cl. The maximum Gasteiger partial charge on any atom is 0.306 e. The van der Waals surface area contributed by atoms with E-state index in [2.05, 4.69) is 15.0 Å². The van der Waals surface area contributed by atoms with Gasteiger partial charge in [-0.15, -0.1) is 12.4 Å². The maximum absolute atomic E-state index is 11.9. The molecule has 0 aliphatic carbocycles. The number of nitrogens with zero attached hydrogens (tertiary/aromatic N) is 1. The minimum Gasteiger partial charge on any atom is -0.491 e. The van der Waals surface area contributed by atoms with Crippen molar-refractivity contribution in [2.45, 2.75) is 18.9 Å². The Kier molecular flexibility index (Phi) is 7.55. The van der Waals surface area contributed by atoms with Gasteiger partial charge in [0.2, 0.25) is 5.91 Å². The molecule has 2 atom stereocenters. The van der Waals surface area contributed by atoms with Gasteiger partial charge in [0.25, 0.3) is 0 Å². The number of amides is 1. The monoisotopic (exact) mass is 418 g/mol. The van der Waals surface area contributed by atoms with E-state index in [9.17, 15) is 9.59 Å². The number of esters is 1. The Morgan fingerprint density at radius 3 is 2.59 bits per heavy atom. The van der Waals surface area contributed by atoms with Gasteiger partial charge in [-0.25, -0.2) is 0 Å². The van der Waals surface area contributed by atoms with Crippen molar-refractivity contribution in [1.82, 2.24) is 10.3 Å². The lowest BCUT2D eigenvalue weighted by molar-refractivity contribution is -0.143. The van der Waals surface area contributed by atoms with Crippen molar-refractivity contribution in [1.29, 1.82) is 5.41 Å². The van der Waals surface area contributed by atoms with Crippen LogP contribution < -0.4 is 15.8 Å². The molecule has 29 heavy (non-hydrogen) atoms. The highest BCUT2D eigenvalue weighted by molar-refractivity contribution is 5.94. The van der Waals surface area contributed by atoms with Gasteiger partial charge in [0.15, 0.2) is 0 Å². The van der Waals surface area contributed by atoms with Gasteiger partial charge in [-0.3, -0.25) is 20.0 Å². The Morgan fingerprint density at radius 1 is 1.28 bits per heavy atom. The van der Waals surface area contributed by atoms with E-state index >= 15 is 0 Å². The van der Waals surface area contributed by atoms with E-state index in [1.807, 2.05) is 30.3 Å². The molecule has 2 aromatic rings. The van der Waals surface area contributed by atoms with Crippen molar-refractivity contribution < 1.29 is 19.1 Å². The predicted molar refractivity (Wildman–Crippen MR) is 110 cm³/mol. The van der Waals surface area contributed by atoms with Gasteiger partial charge in [0.05, 0.1) is 31.2 Å². The van der Waals surface area contributed by atoms with E-state index < -0.39 is 0 Å². The quantitative estimate of drug-likeness (QED) is 0.358. The lowest BCUT2D eigenvalue weighted by atomic mass is 10.0. The van der Waals surface area contributed by atoms with Crippen LogP contribution in [0.4, 0.5) is 0 Å². The molecule has 154 valence electrons. The van der Waals surface area contributed by atoms with Crippen molar-refractivity contribution in [3.8, 4) is 17.0 Å². The van der Waals surface area contributed by atoms with Crippen LogP contribution in [0.2, 0.25) is 0 Å². The molecule has 4 N–H and O–H groups in total. The summed E-state index contributed by atoms with van der Waals surface area (Å²) in [7, 11) is 1.31. The van der Waals surface area contributed by atoms with Crippen LogP contribution in [0.1, 0.15) is 18.4 Å². The van der Waals surface area contributed by atoms with Crippen LogP contribution >= 0.6 is 12.4 Å². The molecule has 0 bridgehead atoms. The number of benzene rings is 1. The van der Waals surface area contributed by atoms with Crippen molar-refractivity contribution in [3.63, 3.8) is 0 Å². The molecule has 0 spiro atoms. The summed E-state index contributed by atoms with van der Waals surface area (Å²) in [6, 6.07) is 10.9. The van der Waals surface area contributed by atoms with Gasteiger partial charge in [-0.05, 0) is 42.8 Å². The molecule has 1 fully saturated rings. The molecular formula is C20H23ClN4O4. The topological polar surface area (TPSA) is 127 Å². The second-order valence-electron chi connectivity index (χ2n) is 6.60. The summed E-state index contributed by atoms with van der Waals surface area (Å²) in [4.78, 5) is 27.6. The van der Waals surface area contributed by atoms with Crippen LogP contribution in [0.3, 0.4) is 0 Å². The zero-order chi connectivity index (χ0) is 20.1. The number of ether oxygens (including phenoxy) is 2. The van der Waals surface area contributed by atoms with Crippen molar-refractivity contribution >= 4 is 30.1 Å². The molecule has 1 aliphatic rings. The number of nitrogens with two attached hydrogens (primary N) is 1. The summed E-state index contributed by atoms with van der Waals surface area (Å²) < 4.78 is 10.4. The number of amidine groups is 1. The molecule has 1 aromatic carbocycles. The second-order valence-corrected chi connectivity index (χ2v) is 6.60. The number of hydrogen-bond acceptors (Lipinski definition) is 6. The molecule has 3 rings (SSSR count). The van der Waals surface area contributed by atoms with E-state index in [1.165, 1.54) is 7.11 Å². The Bertz CT molecular complexity index is 871. The molecule has 1 aromatic heterocycles. The second kappa shape index (κ2) is 9.88. The van der Waals surface area contributed by atoms with E-state index in [0.717, 1.165) is 11.3 Å². The number of aromatic nitrogens is 1. The zero-order valence-corrected chi connectivity index (χ0v) is 16.7. The molecule has 8 nitrogen and oxygen atoms in total. The van der Waals surface area contributed by atoms with E-state index in [1.54, 1.807) is 12.3 Å². The summed E-state index contributed by atoms with van der Waals surface area (Å²) in [6.45, 7) is 0.328. The molecule has 2 heterocycles. The number of hydrogen-bond donors (Lipinski definition) is 3. The third-order valence-corrected chi connectivity index (χ3v) is 4.60. The van der Waals surface area contributed by atoms with Crippen molar-refractivity contribution in [3.05, 3.63) is 48.2 Å². The van der Waals surface area contributed by atoms with E-state index in [4.69, 9.17) is 15.9 Å². The number of methoxy groups -OCH3 is 1. The van der Waals surface area contributed by atoms with Crippen LogP contribution in [0.25, 0.3) is 11.3 Å². The van der Waals surface area contributed by atoms with E-state index in [0.29, 0.717) is 24.3 Å². The lowest BCUT2D eigenvalue weighted by Gasteiger charge is -2.12. The molecule has 1 aliphatic heterocycles. The molecule has 0 saturated carbocycles. The first-order chi connectivity index (χ1) is 13.5. The average molecular weight is 419 g/mol. The highest BCUT2D eigenvalue weighted by Gasteiger charge is 2.34. The van der Waals surface area contributed by atoms with Crippen LogP contribution in [0, 0.1) is 11.3 Å². The van der Waals surface area contributed by atoms with Crippen LogP contribution in [-0.2, 0) is 14.3 Å². The molecule has 1 amide bonds. The Hall–Kier alpha value is -3.13. The fraction of sp³-hybridized carbons (Fsp3) is 0.300. The third kappa shape index (κ3) is 5.68. The summed E-state index contributed by atoms with van der Waals surface area (Å²) in [5, 5.41) is 10.2. The van der Waals surface area contributed by atoms with Crippen molar-refractivity contribution in [2.24, 2.45) is 11.7 Å². The average Bonchev–Trinajstić information content (AvgIpc) is 3.06. The van der Waals surface area contributed by atoms with Gasteiger partial charge in [-0.1, -0.05) is 0 Å². The fourth-order valence-corrected chi connectivity index (χ4v) is 3.04. The smallest absolute Gasteiger partial charge is 0.306 e. The number of rotatable bonds is 7. The van der Waals surface area contributed by atoms with Gasteiger partial charge in [-0.2, -0.15) is 0 Å². The largest absolute Gasteiger partial charge is 0.491 e. The summed E-state index contributed by atoms with van der Waals surface area (Å²) in [5.41, 5.74) is 7.69. The number of halogens is 1. The van der Waals surface area contributed by atoms with Crippen molar-refractivity contribution in [2.75, 3.05) is 13.7 Å². The number of carbonyl (C=O) groups is 2. The number of carbonyl (C=O) groups excluding carboxylic acids is 2. The Morgan fingerprint density at radius 2 is 2.00 bits per heavy atom. The van der Waals surface area contributed by atoms with Gasteiger partial charge in [0, 0.05) is 17.3 Å². The summed E-state index contributed by atoms with van der Waals surface area (Å²) >= 11 is 0. The van der Waals surface area contributed by atoms with Crippen LogP contribution in [-0.4, -0.2) is 42.5 Å². The fourth-order valence-electron chi connectivity index (χ4n) is 3.04. The third-order valence-electron chi connectivity index (χ3n) is 4.60. The van der Waals surface area contributed by atoms with Gasteiger partial charge in [0.1, 0.15) is 18.2 Å². The first-order valence-electron chi connectivity index (χ1n) is 8.87. The summed E-state index contributed by atoms with van der Waals surface area (Å²) in [6.07, 6.45) is 2.19. The number of nitrogen functional groups attached to an aromatic ring is 1. The van der Waals surface area contributed by atoms with E-state index in [-0.39, 0.29) is 48.5 Å². The Labute approximate surface area is 174 Å². The minimum atomic E-state index is -0.387. The minimum absolute atomic E-state index is 0. The number of pyridine rings is 1. The maximum atomic E-state index is 11.9. The Balaban J connectivity index is 0.00000300. The normalized spacial score (nSPS) is 17.8. The molecule has 0 radical (unpaired) electrons. The van der Waals surface area contributed by atoms with Crippen LogP contribution in [0.5, 0.6) is 5.75 Å². The highest BCUT2D eigenvalue weighted by Crippen LogP contribution is 2.23. The highest BCUT2D eigenvalue weighted by atomic mass is 35.5. The molecular weight excluding hydrogens is 396 g/mol. The number of nitrogens with one attached hydrogen (secondary N) is 2. The van der Waals surface area contributed by atoms with Gasteiger partial charge < -0.3 is 20.5 Å². The van der Waals surface area contributed by atoms with Gasteiger partial charge >= 0.3 is 5.97 Å². The standard InChI is InChI=1S/C20H22N4O4.ClH/c1-27-18(25)9-14-8-15(24-20(14)26)11-28-16-5-2-12(3-6-16)17-7-4-13(10-23-17)19(21)22;/h2-7,10,14-15H,8-9,11H2,1H3,(H3,21,22)(H,24,26);1H/t14-,15-;/m0./s1. The molecule has 1 saturated heterocycles. The summed E-state index contributed by atoms with van der Waals surface area (Å²) in [5.74, 6) is -0.241. The zero-order valence-electron chi connectivity index (χ0n) is 15.9. The molecule has 9 heteroatoms. The van der Waals surface area contributed by atoms with Crippen LogP contribution in [0.15, 0.2) is 42.6 Å². The first kappa shape index (κ1) is 22.2. The molecule has 0 unspecified atom stereocenters. The lowest BCUT2D eigenvalue weighted by Crippen LogP contribution is -2.31.